The van der Waals surface area contributed by atoms with Crippen molar-refractivity contribution >= 4 is 23.0 Å². The maximum absolute atomic E-state index is 11.5. The molecule has 2 aromatic rings. The molecule has 3 aliphatic carbocycles. The topological polar surface area (TPSA) is 112 Å². The molecule has 2 bridgehead atoms. The minimum atomic E-state index is -5.08. The fourth-order valence-electron chi connectivity index (χ4n) is 4.18. The summed E-state index contributed by atoms with van der Waals surface area (Å²) in [5, 5.41) is 20.3. The van der Waals surface area contributed by atoms with Gasteiger partial charge in [0.1, 0.15) is 0 Å². The number of fused-ring (bicyclic) bond motifs is 4. The zero-order chi connectivity index (χ0) is 22.0. The van der Waals surface area contributed by atoms with Crippen molar-refractivity contribution in [3.05, 3.63) is 36.2 Å². The van der Waals surface area contributed by atoms with Crippen molar-refractivity contribution in [3.63, 3.8) is 0 Å². The standard InChI is InChI=1S/C18H21N3O2.C2HF3O2/c22-16(23)17-3-6-18(7-4-17,8-5-17)21-12-13-1-2-14-15(11-13)20-10-9-19-14;3-2(4,5)1(6)7/h1-2,9-11,21H,3-8,12H2,(H,22,23);(H,6,7). The van der Waals surface area contributed by atoms with Crippen molar-refractivity contribution < 1.29 is 33.0 Å². The van der Waals surface area contributed by atoms with E-state index in [1.165, 1.54) is 5.56 Å². The maximum Gasteiger partial charge on any atom is 0.490 e. The van der Waals surface area contributed by atoms with Gasteiger partial charge in [0.2, 0.25) is 0 Å². The van der Waals surface area contributed by atoms with Gasteiger partial charge in [-0.1, -0.05) is 6.07 Å². The van der Waals surface area contributed by atoms with Crippen LogP contribution in [-0.4, -0.2) is 43.8 Å². The zero-order valence-corrected chi connectivity index (χ0v) is 16.1. The van der Waals surface area contributed by atoms with Crippen molar-refractivity contribution in [2.45, 2.75) is 56.8 Å². The summed E-state index contributed by atoms with van der Waals surface area (Å²) in [5.74, 6) is -3.36. The van der Waals surface area contributed by atoms with Crippen LogP contribution in [0.1, 0.15) is 44.1 Å². The first-order chi connectivity index (χ1) is 14.1. The lowest BCUT2D eigenvalue weighted by Gasteiger charge is -2.51. The molecule has 0 atom stereocenters. The Morgan fingerprint density at radius 1 is 0.967 bits per heavy atom. The molecule has 0 spiro atoms. The second-order valence-corrected chi connectivity index (χ2v) is 7.90. The Kier molecular flexibility index (Phi) is 5.98. The summed E-state index contributed by atoms with van der Waals surface area (Å²) in [4.78, 5) is 29.1. The molecule has 162 valence electrons. The van der Waals surface area contributed by atoms with E-state index in [1.807, 2.05) is 6.07 Å². The van der Waals surface area contributed by atoms with E-state index in [2.05, 4.69) is 27.4 Å². The van der Waals surface area contributed by atoms with Crippen molar-refractivity contribution in [3.8, 4) is 0 Å². The summed E-state index contributed by atoms with van der Waals surface area (Å²) in [6.07, 6.45) is 3.64. The number of halogens is 3. The van der Waals surface area contributed by atoms with E-state index in [0.717, 1.165) is 56.1 Å². The Labute approximate surface area is 170 Å². The number of alkyl halides is 3. The third-order valence-electron chi connectivity index (χ3n) is 6.14. The summed E-state index contributed by atoms with van der Waals surface area (Å²) in [7, 11) is 0. The van der Waals surface area contributed by atoms with Gasteiger partial charge < -0.3 is 15.5 Å². The van der Waals surface area contributed by atoms with Crippen LogP contribution in [0.2, 0.25) is 0 Å². The lowest BCUT2D eigenvalue weighted by Crippen LogP contribution is -2.56. The summed E-state index contributed by atoms with van der Waals surface area (Å²) in [6.45, 7) is 0.798. The molecule has 1 aromatic carbocycles. The highest BCUT2D eigenvalue weighted by Crippen LogP contribution is 2.52. The first kappa shape index (κ1) is 21.9. The molecule has 1 heterocycles. The molecule has 3 fully saturated rings. The summed E-state index contributed by atoms with van der Waals surface area (Å²) in [6, 6.07) is 6.18. The second kappa shape index (κ2) is 8.17. The Morgan fingerprint density at radius 2 is 1.50 bits per heavy atom. The zero-order valence-electron chi connectivity index (χ0n) is 16.1. The van der Waals surface area contributed by atoms with Crippen molar-refractivity contribution in [1.29, 1.82) is 0 Å². The van der Waals surface area contributed by atoms with Gasteiger partial charge in [-0.05, 0) is 56.2 Å². The van der Waals surface area contributed by atoms with E-state index in [4.69, 9.17) is 9.90 Å². The fourth-order valence-corrected chi connectivity index (χ4v) is 4.18. The Bertz CT molecular complexity index is 924. The Balaban J connectivity index is 0.000000318. The van der Waals surface area contributed by atoms with E-state index in [0.29, 0.717) is 0 Å². The van der Waals surface area contributed by atoms with Gasteiger partial charge in [0.25, 0.3) is 0 Å². The number of carboxylic acid groups (broad SMARTS) is 2. The molecular formula is C20H22F3N3O4. The number of carboxylic acids is 2. The third kappa shape index (κ3) is 4.69. The molecule has 0 aliphatic heterocycles. The predicted octanol–water partition coefficient (Wildman–Crippen LogP) is 3.53. The molecule has 3 saturated carbocycles. The first-order valence-electron chi connectivity index (χ1n) is 9.54. The molecule has 30 heavy (non-hydrogen) atoms. The SMILES string of the molecule is O=C(O)C(F)(F)F.O=C(O)C12CCC(NCc3ccc4nccnc4c3)(CC1)CC2. The second-order valence-electron chi connectivity index (χ2n) is 7.90. The number of hydrogen-bond donors (Lipinski definition) is 3. The van der Waals surface area contributed by atoms with Crippen LogP contribution in [0.3, 0.4) is 0 Å². The number of aliphatic carboxylic acids is 2. The van der Waals surface area contributed by atoms with Crippen LogP contribution < -0.4 is 5.32 Å². The van der Waals surface area contributed by atoms with E-state index >= 15 is 0 Å². The molecule has 10 heteroatoms. The van der Waals surface area contributed by atoms with Gasteiger partial charge in [-0.3, -0.25) is 14.8 Å². The van der Waals surface area contributed by atoms with Crippen LogP contribution in [-0.2, 0) is 16.1 Å². The number of benzene rings is 1. The molecule has 0 amide bonds. The molecule has 0 saturated heterocycles. The molecule has 1 aromatic heterocycles. The lowest BCUT2D eigenvalue weighted by molar-refractivity contribution is -0.192. The molecule has 0 unspecified atom stereocenters. The highest BCUT2D eigenvalue weighted by Gasteiger charge is 2.52. The quantitative estimate of drug-likeness (QED) is 0.687. The molecule has 7 nitrogen and oxygen atoms in total. The highest BCUT2D eigenvalue weighted by atomic mass is 19.4. The van der Waals surface area contributed by atoms with Crippen LogP contribution in [0.25, 0.3) is 11.0 Å². The average Bonchev–Trinajstić information content (AvgIpc) is 2.73. The van der Waals surface area contributed by atoms with Crippen molar-refractivity contribution in [2.75, 3.05) is 0 Å². The van der Waals surface area contributed by atoms with Gasteiger partial charge >= 0.3 is 18.1 Å². The predicted molar refractivity (Wildman–Crippen MR) is 101 cm³/mol. The minimum Gasteiger partial charge on any atom is -0.481 e. The lowest BCUT2D eigenvalue weighted by atomic mass is 9.57. The van der Waals surface area contributed by atoms with Crippen LogP contribution in [0.4, 0.5) is 13.2 Å². The molecule has 3 aliphatic rings. The molecular weight excluding hydrogens is 403 g/mol. The smallest absolute Gasteiger partial charge is 0.481 e. The summed E-state index contributed by atoms with van der Waals surface area (Å²) in [5.41, 5.74) is 2.71. The van der Waals surface area contributed by atoms with Crippen molar-refractivity contribution in [1.82, 2.24) is 15.3 Å². The molecule has 3 N–H and O–H groups in total. The normalized spacial score (nSPS) is 25.4. The number of carbonyl (C=O) groups is 2. The van der Waals surface area contributed by atoms with Crippen molar-refractivity contribution in [2.24, 2.45) is 5.41 Å². The number of hydrogen-bond acceptors (Lipinski definition) is 5. The average molecular weight is 425 g/mol. The van der Waals surface area contributed by atoms with Gasteiger partial charge in [0.15, 0.2) is 0 Å². The summed E-state index contributed by atoms with van der Waals surface area (Å²) >= 11 is 0. The number of aromatic nitrogens is 2. The van der Waals surface area contributed by atoms with Gasteiger partial charge in [-0.2, -0.15) is 13.2 Å². The number of rotatable bonds is 4. The van der Waals surface area contributed by atoms with Gasteiger partial charge in [-0.25, -0.2) is 4.79 Å². The summed E-state index contributed by atoms with van der Waals surface area (Å²) < 4.78 is 31.7. The minimum absolute atomic E-state index is 0.120. The van der Waals surface area contributed by atoms with E-state index < -0.39 is 23.5 Å². The molecule has 5 rings (SSSR count). The van der Waals surface area contributed by atoms with Crippen LogP contribution in [0.5, 0.6) is 0 Å². The maximum atomic E-state index is 11.5. The highest BCUT2D eigenvalue weighted by molar-refractivity contribution is 5.75. The van der Waals surface area contributed by atoms with E-state index in [-0.39, 0.29) is 5.54 Å². The van der Waals surface area contributed by atoms with E-state index in [9.17, 15) is 23.1 Å². The van der Waals surface area contributed by atoms with Crippen LogP contribution >= 0.6 is 0 Å². The van der Waals surface area contributed by atoms with Gasteiger partial charge in [-0.15, -0.1) is 0 Å². The van der Waals surface area contributed by atoms with Crippen LogP contribution in [0, 0.1) is 5.41 Å². The monoisotopic (exact) mass is 425 g/mol. The van der Waals surface area contributed by atoms with Gasteiger partial charge in [0.05, 0.1) is 16.4 Å². The third-order valence-corrected chi connectivity index (χ3v) is 6.14. The van der Waals surface area contributed by atoms with Gasteiger partial charge in [0, 0.05) is 24.5 Å². The first-order valence-corrected chi connectivity index (χ1v) is 9.54. The Hall–Kier alpha value is -2.75. The number of nitrogens with zero attached hydrogens (tertiary/aromatic N) is 2. The Morgan fingerprint density at radius 3 is 2.00 bits per heavy atom. The van der Waals surface area contributed by atoms with E-state index in [1.54, 1.807) is 12.4 Å². The fraction of sp³-hybridized carbons (Fsp3) is 0.500. The molecule has 0 radical (unpaired) electrons. The largest absolute Gasteiger partial charge is 0.490 e. The number of nitrogens with one attached hydrogen (secondary N) is 1. The van der Waals surface area contributed by atoms with Crippen LogP contribution in [0.15, 0.2) is 30.6 Å².